The van der Waals surface area contributed by atoms with E-state index in [9.17, 15) is 0 Å². The minimum Gasteiger partial charge on any atom is -0.347 e. The first-order valence-electron chi connectivity index (χ1n) is 6.56. The van der Waals surface area contributed by atoms with Crippen molar-refractivity contribution in [1.29, 1.82) is 0 Å². The van der Waals surface area contributed by atoms with Crippen LogP contribution in [0.2, 0.25) is 0 Å². The van der Waals surface area contributed by atoms with Crippen molar-refractivity contribution in [2.24, 2.45) is 0 Å². The highest BCUT2D eigenvalue weighted by Gasteiger charge is 2.15. The highest BCUT2D eigenvalue weighted by atomic mass is 15.0. The fourth-order valence-corrected chi connectivity index (χ4v) is 2.89. The van der Waals surface area contributed by atoms with Gasteiger partial charge < -0.3 is 4.57 Å². The van der Waals surface area contributed by atoms with Gasteiger partial charge in [-0.15, -0.1) is 0 Å². The van der Waals surface area contributed by atoms with Crippen LogP contribution in [0.3, 0.4) is 0 Å². The lowest BCUT2D eigenvalue weighted by Crippen LogP contribution is -2.02. The molecule has 88 valence electrons. The van der Waals surface area contributed by atoms with Gasteiger partial charge in [0.1, 0.15) is 0 Å². The number of hydrogen-bond donors (Lipinski definition) is 0. The standard InChI is InChI=1S/C16H19N/c1-13-16-10-6-5-9-15(16)12-17(13)11-14-7-3-2-4-8-14/h2-4,7-8,12H,5-6,9-11H2,1H3. The summed E-state index contributed by atoms with van der Waals surface area (Å²) in [5.41, 5.74) is 6.07. The number of nitrogens with zero attached hydrogens (tertiary/aromatic N) is 1. The molecule has 1 aliphatic rings. The van der Waals surface area contributed by atoms with Crippen LogP contribution in [-0.2, 0) is 19.4 Å². The van der Waals surface area contributed by atoms with Crippen LogP contribution in [0.25, 0.3) is 0 Å². The van der Waals surface area contributed by atoms with E-state index in [4.69, 9.17) is 0 Å². The molecule has 0 saturated carbocycles. The fraction of sp³-hybridized carbons (Fsp3) is 0.375. The zero-order valence-corrected chi connectivity index (χ0v) is 10.4. The molecule has 1 nitrogen and oxygen atoms in total. The molecule has 0 amide bonds. The van der Waals surface area contributed by atoms with Gasteiger partial charge in [0.15, 0.2) is 0 Å². The molecule has 0 bridgehead atoms. The third-order valence-corrected chi connectivity index (χ3v) is 3.89. The molecule has 0 unspecified atom stereocenters. The van der Waals surface area contributed by atoms with E-state index in [0.717, 1.165) is 6.54 Å². The summed E-state index contributed by atoms with van der Waals surface area (Å²) in [6.07, 6.45) is 7.66. The Morgan fingerprint density at radius 2 is 1.82 bits per heavy atom. The average molecular weight is 225 g/mol. The molecule has 0 aliphatic heterocycles. The first-order chi connectivity index (χ1) is 8.34. The number of rotatable bonds is 2. The van der Waals surface area contributed by atoms with Gasteiger partial charge >= 0.3 is 0 Å². The number of hydrogen-bond acceptors (Lipinski definition) is 0. The van der Waals surface area contributed by atoms with Gasteiger partial charge in [-0.1, -0.05) is 30.3 Å². The van der Waals surface area contributed by atoms with Crippen molar-refractivity contribution in [3.05, 3.63) is 58.9 Å². The lowest BCUT2D eigenvalue weighted by Gasteiger charge is -2.11. The number of fused-ring (bicyclic) bond motifs is 1. The van der Waals surface area contributed by atoms with Crippen LogP contribution in [0.4, 0.5) is 0 Å². The topological polar surface area (TPSA) is 4.93 Å². The van der Waals surface area contributed by atoms with Gasteiger partial charge in [0, 0.05) is 18.4 Å². The molecule has 0 spiro atoms. The maximum atomic E-state index is 2.42. The summed E-state index contributed by atoms with van der Waals surface area (Å²) in [5.74, 6) is 0. The van der Waals surface area contributed by atoms with Crippen LogP contribution in [-0.4, -0.2) is 4.57 Å². The fourth-order valence-electron chi connectivity index (χ4n) is 2.89. The van der Waals surface area contributed by atoms with Crippen molar-refractivity contribution in [3.8, 4) is 0 Å². The Hall–Kier alpha value is -1.50. The Kier molecular flexibility index (Phi) is 2.76. The number of benzene rings is 1. The van der Waals surface area contributed by atoms with E-state index in [1.165, 1.54) is 36.9 Å². The Morgan fingerprint density at radius 1 is 1.06 bits per heavy atom. The summed E-state index contributed by atoms with van der Waals surface area (Å²) in [5, 5.41) is 0. The maximum absolute atomic E-state index is 2.42. The van der Waals surface area contributed by atoms with Crippen molar-refractivity contribution >= 4 is 0 Å². The van der Waals surface area contributed by atoms with Crippen molar-refractivity contribution < 1.29 is 0 Å². The molecule has 1 aliphatic carbocycles. The first kappa shape index (κ1) is 10.6. The van der Waals surface area contributed by atoms with Gasteiger partial charge in [-0.05, 0) is 49.3 Å². The van der Waals surface area contributed by atoms with Gasteiger partial charge in [-0.25, -0.2) is 0 Å². The van der Waals surface area contributed by atoms with E-state index >= 15 is 0 Å². The van der Waals surface area contributed by atoms with Crippen molar-refractivity contribution in [2.75, 3.05) is 0 Å². The largest absolute Gasteiger partial charge is 0.347 e. The summed E-state index contributed by atoms with van der Waals surface area (Å²) in [6.45, 7) is 3.28. The minimum atomic E-state index is 1.01. The molecular formula is C16H19N. The number of aromatic nitrogens is 1. The molecule has 0 atom stereocenters. The molecule has 0 N–H and O–H groups in total. The molecule has 1 aromatic carbocycles. The molecule has 0 fully saturated rings. The third-order valence-electron chi connectivity index (χ3n) is 3.89. The van der Waals surface area contributed by atoms with Crippen molar-refractivity contribution in [1.82, 2.24) is 4.57 Å². The molecule has 0 saturated heterocycles. The summed E-state index contributed by atoms with van der Waals surface area (Å²) in [7, 11) is 0. The number of aryl methyl sites for hydroxylation is 1. The van der Waals surface area contributed by atoms with E-state index < -0.39 is 0 Å². The van der Waals surface area contributed by atoms with E-state index in [1.54, 1.807) is 11.1 Å². The van der Waals surface area contributed by atoms with Gasteiger partial charge in [0.05, 0.1) is 0 Å². The van der Waals surface area contributed by atoms with Gasteiger partial charge in [-0.3, -0.25) is 0 Å². The normalized spacial score (nSPS) is 14.6. The summed E-state index contributed by atoms with van der Waals surface area (Å²) in [4.78, 5) is 0. The first-order valence-corrected chi connectivity index (χ1v) is 6.56. The lowest BCUT2D eigenvalue weighted by atomic mass is 9.94. The molecule has 17 heavy (non-hydrogen) atoms. The van der Waals surface area contributed by atoms with E-state index in [-0.39, 0.29) is 0 Å². The second-order valence-electron chi connectivity index (χ2n) is 5.04. The minimum absolute atomic E-state index is 1.01. The van der Waals surface area contributed by atoms with Crippen LogP contribution >= 0.6 is 0 Å². The molecule has 0 radical (unpaired) electrons. The van der Waals surface area contributed by atoms with Gasteiger partial charge in [-0.2, -0.15) is 0 Å². The average Bonchev–Trinajstić information content (AvgIpc) is 2.68. The van der Waals surface area contributed by atoms with Crippen molar-refractivity contribution in [2.45, 2.75) is 39.2 Å². The highest BCUT2D eigenvalue weighted by molar-refractivity contribution is 5.34. The van der Waals surface area contributed by atoms with Crippen LogP contribution < -0.4 is 0 Å². The van der Waals surface area contributed by atoms with E-state index in [1.807, 2.05) is 0 Å². The Bertz CT molecular complexity index is 508. The maximum Gasteiger partial charge on any atom is 0.0472 e. The predicted molar refractivity (Wildman–Crippen MR) is 71.4 cm³/mol. The summed E-state index contributed by atoms with van der Waals surface area (Å²) < 4.78 is 2.42. The van der Waals surface area contributed by atoms with Crippen LogP contribution in [0, 0.1) is 6.92 Å². The van der Waals surface area contributed by atoms with Gasteiger partial charge in [0.2, 0.25) is 0 Å². The second-order valence-corrected chi connectivity index (χ2v) is 5.04. The van der Waals surface area contributed by atoms with Crippen molar-refractivity contribution in [3.63, 3.8) is 0 Å². The zero-order chi connectivity index (χ0) is 11.7. The molecule has 1 aromatic heterocycles. The highest BCUT2D eigenvalue weighted by Crippen LogP contribution is 2.26. The van der Waals surface area contributed by atoms with E-state index in [2.05, 4.69) is 48.0 Å². The Balaban J connectivity index is 1.91. The van der Waals surface area contributed by atoms with Crippen LogP contribution in [0.5, 0.6) is 0 Å². The summed E-state index contributed by atoms with van der Waals surface area (Å²) >= 11 is 0. The second kappa shape index (κ2) is 4.40. The monoisotopic (exact) mass is 225 g/mol. The summed E-state index contributed by atoms with van der Waals surface area (Å²) in [6, 6.07) is 10.7. The molecule has 2 aromatic rings. The lowest BCUT2D eigenvalue weighted by molar-refractivity contribution is 0.687. The molecular weight excluding hydrogens is 206 g/mol. The zero-order valence-electron chi connectivity index (χ0n) is 10.4. The molecule has 1 heteroatoms. The molecule has 3 rings (SSSR count). The van der Waals surface area contributed by atoms with Gasteiger partial charge in [0.25, 0.3) is 0 Å². The Morgan fingerprint density at radius 3 is 2.59 bits per heavy atom. The quantitative estimate of drug-likeness (QED) is 0.734. The van der Waals surface area contributed by atoms with Crippen LogP contribution in [0.1, 0.15) is 35.2 Å². The Labute approximate surface area is 103 Å². The predicted octanol–water partition coefficient (Wildman–Crippen LogP) is 3.72. The smallest absolute Gasteiger partial charge is 0.0472 e. The molecule has 1 heterocycles. The SMILES string of the molecule is Cc1c2c(cn1Cc1ccccc1)CCCC2. The third kappa shape index (κ3) is 2.02. The van der Waals surface area contributed by atoms with E-state index in [0.29, 0.717) is 0 Å². The van der Waals surface area contributed by atoms with Crippen LogP contribution in [0.15, 0.2) is 36.5 Å².